The van der Waals surface area contributed by atoms with E-state index in [-0.39, 0.29) is 44.0 Å². The van der Waals surface area contributed by atoms with Crippen LogP contribution in [-0.4, -0.2) is 59.2 Å². The molecule has 0 unspecified atom stereocenters. The molecular weight excluding hydrogens is 324 g/mol. The van der Waals surface area contributed by atoms with Crippen molar-refractivity contribution in [1.29, 1.82) is 0 Å². The number of rotatable bonds is 7. The van der Waals surface area contributed by atoms with Crippen LogP contribution in [0.2, 0.25) is 0 Å². The van der Waals surface area contributed by atoms with E-state index in [0.29, 0.717) is 11.1 Å². The van der Waals surface area contributed by atoms with Crippen molar-refractivity contribution in [3.63, 3.8) is 0 Å². The number of hydrogen-bond acceptors (Lipinski definition) is 5. The summed E-state index contributed by atoms with van der Waals surface area (Å²) in [6.45, 7) is 5.46. The second kappa shape index (κ2) is 7.92. The van der Waals surface area contributed by atoms with E-state index < -0.39 is 11.8 Å². The molecule has 1 heterocycles. The Morgan fingerprint density at radius 1 is 1.12 bits per heavy atom. The van der Waals surface area contributed by atoms with E-state index in [4.69, 9.17) is 4.74 Å². The van der Waals surface area contributed by atoms with Crippen molar-refractivity contribution in [1.82, 2.24) is 9.80 Å². The summed E-state index contributed by atoms with van der Waals surface area (Å²) in [6, 6.07) is 6.32. The van der Waals surface area contributed by atoms with Gasteiger partial charge in [-0.3, -0.25) is 24.1 Å². The summed E-state index contributed by atoms with van der Waals surface area (Å²) in [7, 11) is 0. The van der Waals surface area contributed by atoms with Crippen LogP contribution in [0.25, 0.3) is 0 Å². The molecule has 134 valence electrons. The lowest BCUT2D eigenvalue weighted by Gasteiger charge is -2.28. The Morgan fingerprint density at radius 3 is 2.16 bits per heavy atom. The Bertz CT molecular complexity index is 663. The van der Waals surface area contributed by atoms with Gasteiger partial charge in [0, 0.05) is 12.6 Å². The Hall–Kier alpha value is -2.70. The van der Waals surface area contributed by atoms with Crippen molar-refractivity contribution in [2.75, 3.05) is 19.7 Å². The van der Waals surface area contributed by atoms with Crippen molar-refractivity contribution >= 4 is 23.7 Å². The third-order valence-electron chi connectivity index (χ3n) is 3.98. The molecule has 0 saturated heterocycles. The topological polar surface area (TPSA) is 84.0 Å². The minimum Gasteiger partial charge on any atom is -0.466 e. The molecule has 0 N–H and O–H groups in total. The van der Waals surface area contributed by atoms with E-state index in [0.717, 1.165) is 4.90 Å². The molecule has 2 rings (SSSR count). The normalized spacial score (nSPS) is 13.2. The van der Waals surface area contributed by atoms with E-state index in [9.17, 15) is 19.2 Å². The number of nitrogens with zero attached hydrogens (tertiary/aromatic N) is 2. The van der Waals surface area contributed by atoms with Crippen molar-refractivity contribution in [3.05, 3.63) is 35.4 Å². The van der Waals surface area contributed by atoms with Gasteiger partial charge in [-0.05, 0) is 32.9 Å². The highest BCUT2D eigenvalue weighted by atomic mass is 16.5. The van der Waals surface area contributed by atoms with E-state index in [1.807, 2.05) is 13.8 Å². The van der Waals surface area contributed by atoms with Crippen LogP contribution in [-0.2, 0) is 14.3 Å². The average molecular weight is 346 g/mol. The summed E-state index contributed by atoms with van der Waals surface area (Å²) in [5, 5.41) is 0. The van der Waals surface area contributed by atoms with Crippen LogP contribution in [0.4, 0.5) is 0 Å². The van der Waals surface area contributed by atoms with Gasteiger partial charge in [0.2, 0.25) is 5.91 Å². The van der Waals surface area contributed by atoms with Crippen LogP contribution in [0, 0.1) is 0 Å². The van der Waals surface area contributed by atoms with Gasteiger partial charge in [-0.2, -0.15) is 0 Å². The number of benzene rings is 1. The average Bonchev–Trinajstić information content (AvgIpc) is 2.80. The first-order valence-electron chi connectivity index (χ1n) is 8.27. The maximum absolute atomic E-state index is 12.6. The predicted octanol–water partition coefficient (Wildman–Crippen LogP) is 1.47. The lowest BCUT2D eigenvalue weighted by molar-refractivity contribution is -0.144. The van der Waals surface area contributed by atoms with Crippen LogP contribution in [0.1, 0.15) is 47.9 Å². The van der Waals surface area contributed by atoms with Crippen LogP contribution in [0.3, 0.4) is 0 Å². The number of hydrogen-bond donors (Lipinski definition) is 0. The Labute approximate surface area is 146 Å². The van der Waals surface area contributed by atoms with Crippen molar-refractivity contribution in [2.24, 2.45) is 0 Å². The van der Waals surface area contributed by atoms with E-state index in [2.05, 4.69) is 0 Å². The fraction of sp³-hybridized carbons (Fsp3) is 0.444. The summed E-state index contributed by atoms with van der Waals surface area (Å²) < 4.78 is 4.87. The highest BCUT2D eigenvalue weighted by molar-refractivity contribution is 6.22. The summed E-state index contributed by atoms with van der Waals surface area (Å²) in [4.78, 5) is 51.2. The lowest BCUT2D eigenvalue weighted by atomic mass is 10.1. The van der Waals surface area contributed by atoms with E-state index in [1.54, 1.807) is 31.2 Å². The summed E-state index contributed by atoms with van der Waals surface area (Å²) in [6.07, 6.45) is 0.0693. The smallest absolute Gasteiger partial charge is 0.307 e. The monoisotopic (exact) mass is 346 g/mol. The number of carbonyl (C=O) groups excluding carboxylic acids is 4. The molecule has 1 aliphatic heterocycles. The first-order chi connectivity index (χ1) is 11.9. The summed E-state index contributed by atoms with van der Waals surface area (Å²) >= 11 is 0. The molecule has 0 spiro atoms. The summed E-state index contributed by atoms with van der Waals surface area (Å²) in [5.41, 5.74) is 0.617. The zero-order valence-electron chi connectivity index (χ0n) is 14.7. The van der Waals surface area contributed by atoms with Crippen LogP contribution in [0.5, 0.6) is 0 Å². The van der Waals surface area contributed by atoms with Gasteiger partial charge in [-0.25, -0.2) is 0 Å². The highest BCUT2D eigenvalue weighted by Crippen LogP contribution is 2.22. The summed E-state index contributed by atoms with van der Waals surface area (Å²) in [5.74, 6) is -1.71. The van der Waals surface area contributed by atoms with Crippen LogP contribution < -0.4 is 0 Å². The standard InChI is InChI=1S/C18H22N2O5/c1-4-25-16(22)9-10-19(12(2)3)15(21)11-20-17(23)13-7-5-6-8-14(13)18(20)24/h5-8,12H,4,9-11H2,1-3H3. The molecule has 3 amide bonds. The second-order valence-corrected chi connectivity index (χ2v) is 5.98. The molecule has 1 aromatic rings. The SMILES string of the molecule is CCOC(=O)CCN(C(=O)CN1C(=O)c2ccccc2C1=O)C(C)C. The van der Waals surface area contributed by atoms with Gasteiger partial charge in [-0.1, -0.05) is 12.1 Å². The lowest BCUT2D eigenvalue weighted by Crippen LogP contribution is -2.46. The number of carbonyl (C=O) groups is 4. The third-order valence-corrected chi connectivity index (χ3v) is 3.98. The number of esters is 1. The Morgan fingerprint density at radius 2 is 1.68 bits per heavy atom. The van der Waals surface area contributed by atoms with Crippen molar-refractivity contribution in [2.45, 2.75) is 33.2 Å². The van der Waals surface area contributed by atoms with Crippen LogP contribution in [0.15, 0.2) is 24.3 Å². The predicted molar refractivity (Wildman–Crippen MR) is 89.9 cm³/mol. The molecule has 0 aliphatic carbocycles. The van der Waals surface area contributed by atoms with E-state index in [1.165, 1.54) is 4.90 Å². The van der Waals surface area contributed by atoms with Gasteiger partial charge >= 0.3 is 5.97 Å². The number of imide groups is 1. The van der Waals surface area contributed by atoms with E-state index >= 15 is 0 Å². The van der Waals surface area contributed by atoms with Gasteiger partial charge in [0.05, 0.1) is 24.2 Å². The van der Waals surface area contributed by atoms with Gasteiger partial charge in [0.15, 0.2) is 0 Å². The second-order valence-electron chi connectivity index (χ2n) is 5.98. The largest absolute Gasteiger partial charge is 0.466 e. The first-order valence-corrected chi connectivity index (χ1v) is 8.27. The van der Waals surface area contributed by atoms with Crippen LogP contribution >= 0.6 is 0 Å². The highest BCUT2D eigenvalue weighted by Gasteiger charge is 2.37. The Kier molecular flexibility index (Phi) is 5.90. The molecule has 1 aromatic carbocycles. The fourth-order valence-corrected chi connectivity index (χ4v) is 2.72. The molecule has 0 bridgehead atoms. The van der Waals surface area contributed by atoms with Gasteiger partial charge in [-0.15, -0.1) is 0 Å². The number of amides is 3. The van der Waals surface area contributed by atoms with Gasteiger partial charge < -0.3 is 9.64 Å². The maximum atomic E-state index is 12.6. The number of ether oxygens (including phenoxy) is 1. The molecule has 7 nitrogen and oxygen atoms in total. The third kappa shape index (κ3) is 4.04. The zero-order chi connectivity index (χ0) is 18.6. The molecule has 0 saturated carbocycles. The quantitative estimate of drug-likeness (QED) is 0.551. The molecular formula is C18H22N2O5. The maximum Gasteiger partial charge on any atom is 0.307 e. The van der Waals surface area contributed by atoms with Gasteiger partial charge in [0.1, 0.15) is 6.54 Å². The van der Waals surface area contributed by atoms with Gasteiger partial charge in [0.25, 0.3) is 11.8 Å². The fourth-order valence-electron chi connectivity index (χ4n) is 2.72. The van der Waals surface area contributed by atoms with Crippen molar-refractivity contribution < 1.29 is 23.9 Å². The molecule has 7 heteroatoms. The molecule has 0 fully saturated rings. The molecule has 25 heavy (non-hydrogen) atoms. The molecule has 0 aromatic heterocycles. The minimum atomic E-state index is -0.469. The molecule has 1 aliphatic rings. The Balaban J connectivity index is 2.05. The first kappa shape index (κ1) is 18.6. The van der Waals surface area contributed by atoms with Crippen molar-refractivity contribution in [3.8, 4) is 0 Å². The molecule has 0 atom stereocenters. The zero-order valence-corrected chi connectivity index (χ0v) is 14.7. The minimum absolute atomic E-state index is 0.0693. The number of fused-ring (bicyclic) bond motifs is 1. The molecule has 0 radical (unpaired) electrons.